The maximum Gasteiger partial charge on any atom is 0.347 e. The number of aryl methyl sites for hydroxylation is 3. The number of carboxylic acids is 1. The summed E-state index contributed by atoms with van der Waals surface area (Å²) in [5.74, 6) is 0.0625. The summed E-state index contributed by atoms with van der Waals surface area (Å²) in [7, 11) is 1.70. The average molecular weight is 425 g/mol. The second-order valence-electron chi connectivity index (χ2n) is 6.59. The number of carbonyl (C=O) groups is 1. The van der Waals surface area contributed by atoms with Crippen LogP contribution in [0.3, 0.4) is 0 Å². The number of rotatable bonds is 5. The van der Waals surface area contributed by atoms with E-state index in [1.54, 1.807) is 45.2 Å². The van der Waals surface area contributed by atoms with Crippen molar-refractivity contribution in [1.82, 2.24) is 25.2 Å². The van der Waals surface area contributed by atoms with E-state index in [-0.39, 0.29) is 10.7 Å². The van der Waals surface area contributed by atoms with E-state index in [4.69, 9.17) is 4.74 Å². The van der Waals surface area contributed by atoms with Gasteiger partial charge >= 0.3 is 5.97 Å². The molecule has 0 spiro atoms. The smallest absolute Gasteiger partial charge is 0.347 e. The molecule has 30 heavy (non-hydrogen) atoms. The Morgan fingerprint density at radius 2 is 2.00 bits per heavy atom. The van der Waals surface area contributed by atoms with Crippen molar-refractivity contribution in [2.75, 3.05) is 0 Å². The van der Waals surface area contributed by atoms with E-state index in [9.17, 15) is 14.3 Å². The number of aromatic carboxylic acids is 1. The third kappa shape index (κ3) is 3.64. The number of ether oxygens (including phenoxy) is 1. The molecule has 0 bridgehead atoms. The SMILES string of the molecule is Cc1cc(Oc2ccc(-c3nc(C)c(C(=O)O)s3)cc2-c2nnnn2C)ccc1F. The second kappa shape index (κ2) is 7.64. The van der Waals surface area contributed by atoms with Gasteiger partial charge in [0, 0.05) is 12.6 Å². The molecule has 152 valence electrons. The highest BCUT2D eigenvalue weighted by molar-refractivity contribution is 7.17. The number of benzene rings is 2. The van der Waals surface area contributed by atoms with Gasteiger partial charge in [0.15, 0.2) is 5.82 Å². The first-order chi connectivity index (χ1) is 14.3. The molecule has 0 aliphatic rings. The van der Waals surface area contributed by atoms with Crippen LogP contribution in [0.15, 0.2) is 36.4 Å². The number of tetrazole rings is 1. The largest absolute Gasteiger partial charge is 0.477 e. The maximum absolute atomic E-state index is 13.6. The fraction of sp³-hybridized carbons (Fsp3) is 0.150. The second-order valence-corrected chi connectivity index (χ2v) is 7.59. The molecule has 10 heteroatoms. The zero-order valence-electron chi connectivity index (χ0n) is 16.3. The molecule has 4 rings (SSSR count). The summed E-state index contributed by atoms with van der Waals surface area (Å²) in [6.07, 6.45) is 0. The third-order valence-electron chi connectivity index (χ3n) is 4.44. The van der Waals surface area contributed by atoms with Gasteiger partial charge in [-0.25, -0.2) is 18.9 Å². The first kappa shape index (κ1) is 19.6. The molecule has 0 unspecified atom stereocenters. The van der Waals surface area contributed by atoms with Crippen LogP contribution >= 0.6 is 11.3 Å². The Morgan fingerprint density at radius 1 is 1.20 bits per heavy atom. The minimum Gasteiger partial charge on any atom is -0.477 e. The molecule has 0 aliphatic heterocycles. The molecule has 2 aromatic heterocycles. The Morgan fingerprint density at radius 3 is 2.63 bits per heavy atom. The van der Waals surface area contributed by atoms with Gasteiger partial charge in [-0.05, 0) is 66.2 Å². The van der Waals surface area contributed by atoms with Gasteiger partial charge in [-0.15, -0.1) is 16.4 Å². The lowest BCUT2D eigenvalue weighted by atomic mass is 10.1. The molecular formula is C20H16FN5O3S. The molecule has 4 aromatic rings. The minimum atomic E-state index is -1.01. The topological polar surface area (TPSA) is 103 Å². The molecule has 0 atom stereocenters. The number of halogens is 1. The number of hydrogen-bond donors (Lipinski definition) is 1. The fourth-order valence-electron chi connectivity index (χ4n) is 2.91. The number of hydrogen-bond acceptors (Lipinski definition) is 7. The van der Waals surface area contributed by atoms with E-state index in [0.29, 0.717) is 44.7 Å². The van der Waals surface area contributed by atoms with Crippen LogP contribution in [0, 0.1) is 19.7 Å². The van der Waals surface area contributed by atoms with Crippen molar-refractivity contribution in [2.24, 2.45) is 7.05 Å². The summed E-state index contributed by atoms with van der Waals surface area (Å²) >= 11 is 1.09. The normalized spacial score (nSPS) is 10.9. The van der Waals surface area contributed by atoms with Crippen molar-refractivity contribution in [2.45, 2.75) is 13.8 Å². The third-order valence-corrected chi connectivity index (χ3v) is 5.63. The van der Waals surface area contributed by atoms with Gasteiger partial charge in [0.25, 0.3) is 0 Å². The van der Waals surface area contributed by atoms with E-state index in [1.165, 1.54) is 16.8 Å². The molecule has 1 N–H and O–H groups in total. The zero-order valence-corrected chi connectivity index (χ0v) is 17.1. The summed E-state index contributed by atoms with van der Waals surface area (Å²) < 4.78 is 21.1. The number of thiazole rings is 1. The zero-order chi connectivity index (χ0) is 21.4. The summed E-state index contributed by atoms with van der Waals surface area (Å²) in [6, 6.07) is 9.79. The van der Waals surface area contributed by atoms with Crippen LogP contribution in [0.4, 0.5) is 4.39 Å². The molecule has 0 radical (unpaired) electrons. The molecule has 2 heterocycles. The van der Waals surface area contributed by atoms with Crippen LogP contribution in [-0.4, -0.2) is 36.3 Å². The lowest BCUT2D eigenvalue weighted by Gasteiger charge is -2.12. The van der Waals surface area contributed by atoms with E-state index >= 15 is 0 Å². The molecule has 0 aliphatic carbocycles. The number of nitrogens with zero attached hydrogens (tertiary/aromatic N) is 5. The van der Waals surface area contributed by atoms with E-state index in [0.717, 1.165) is 11.3 Å². The summed E-state index contributed by atoms with van der Waals surface area (Å²) in [4.78, 5) is 15.9. The van der Waals surface area contributed by atoms with Gasteiger partial charge < -0.3 is 9.84 Å². The maximum atomic E-state index is 13.6. The Balaban J connectivity index is 1.81. The van der Waals surface area contributed by atoms with Gasteiger partial charge in [0.1, 0.15) is 27.2 Å². The monoisotopic (exact) mass is 425 g/mol. The number of carboxylic acid groups (broad SMARTS) is 1. The molecule has 0 amide bonds. The molecule has 0 saturated carbocycles. The Labute approximate surface area is 174 Å². The Hall–Kier alpha value is -3.66. The number of aromatic nitrogens is 5. The lowest BCUT2D eigenvalue weighted by molar-refractivity contribution is 0.0701. The van der Waals surface area contributed by atoms with Crippen LogP contribution in [0.2, 0.25) is 0 Å². The summed E-state index contributed by atoms with van der Waals surface area (Å²) in [6.45, 7) is 3.31. The van der Waals surface area contributed by atoms with Crippen LogP contribution in [-0.2, 0) is 7.05 Å². The first-order valence-corrected chi connectivity index (χ1v) is 9.67. The lowest BCUT2D eigenvalue weighted by Crippen LogP contribution is -1.98. The van der Waals surface area contributed by atoms with Crippen LogP contribution in [0.1, 0.15) is 20.9 Å². The van der Waals surface area contributed by atoms with Crippen LogP contribution < -0.4 is 4.74 Å². The van der Waals surface area contributed by atoms with Gasteiger partial charge in [-0.2, -0.15) is 0 Å². The molecule has 2 aromatic carbocycles. The highest BCUT2D eigenvalue weighted by atomic mass is 32.1. The first-order valence-electron chi connectivity index (χ1n) is 8.85. The van der Waals surface area contributed by atoms with Gasteiger partial charge in [0.2, 0.25) is 0 Å². The van der Waals surface area contributed by atoms with Crippen molar-refractivity contribution in [3.8, 4) is 33.5 Å². The molecule has 8 nitrogen and oxygen atoms in total. The van der Waals surface area contributed by atoms with Crippen molar-refractivity contribution in [1.29, 1.82) is 0 Å². The van der Waals surface area contributed by atoms with Crippen LogP contribution in [0.25, 0.3) is 22.0 Å². The van der Waals surface area contributed by atoms with Crippen molar-refractivity contribution < 1.29 is 19.0 Å². The molecule has 0 saturated heterocycles. The Kier molecular flexibility index (Phi) is 5.00. The van der Waals surface area contributed by atoms with Gasteiger partial charge in [0.05, 0.1) is 11.3 Å². The average Bonchev–Trinajstić information content (AvgIpc) is 3.31. The van der Waals surface area contributed by atoms with Crippen molar-refractivity contribution in [3.05, 3.63) is 58.3 Å². The fourth-order valence-corrected chi connectivity index (χ4v) is 3.81. The summed E-state index contributed by atoms with van der Waals surface area (Å²) in [5, 5.41) is 21.5. The highest BCUT2D eigenvalue weighted by Crippen LogP contribution is 2.37. The molecule has 0 fully saturated rings. The van der Waals surface area contributed by atoms with E-state index in [2.05, 4.69) is 20.5 Å². The van der Waals surface area contributed by atoms with E-state index < -0.39 is 5.97 Å². The predicted molar refractivity (Wildman–Crippen MR) is 108 cm³/mol. The summed E-state index contributed by atoms with van der Waals surface area (Å²) in [5.41, 5.74) is 2.21. The molecular weight excluding hydrogens is 409 g/mol. The van der Waals surface area contributed by atoms with Crippen LogP contribution in [0.5, 0.6) is 11.5 Å². The Bertz CT molecular complexity index is 1270. The van der Waals surface area contributed by atoms with Gasteiger partial charge in [-0.1, -0.05) is 0 Å². The quantitative estimate of drug-likeness (QED) is 0.510. The standard InChI is InChI=1S/C20H16FN5O3S/c1-10-8-13(5-6-15(10)21)29-16-7-4-12(9-14(16)18-23-24-25-26(18)3)19-22-11(2)17(30-19)20(27)28/h4-9H,1-3H3,(H,27,28). The minimum absolute atomic E-state index is 0.189. The predicted octanol–water partition coefficient (Wildman–Crippen LogP) is 4.25. The van der Waals surface area contributed by atoms with Gasteiger partial charge in [-0.3, -0.25) is 0 Å². The van der Waals surface area contributed by atoms with Crippen molar-refractivity contribution in [3.63, 3.8) is 0 Å². The van der Waals surface area contributed by atoms with Crippen molar-refractivity contribution >= 4 is 17.3 Å². The van der Waals surface area contributed by atoms with E-state index in [1.807, 2.05) is 0 Å². The highest BCUT2D eigenvalue weighted by Gasteiger charge is 2.19.